The standard InChI is InChI=1S/C20H36N2O3Si/c1-19(2,3)26(4,5)25-16-13-9-10-14-20(16,24)18(22-21)17(23)15-11-7-6-8-12-15/h15-16,24H,6-14H2,1-5H3/t16-,20+/m0/s1. The van der Waals surface area contributed by atoms with E-state index >= 15 is 0 Å². The highest BCUT2D eigenvalue weighted by Crippen LogP contribution is 2.42. The van der Waals surface area contributed by atoms with E-state index in [1.165, 1.54) is 0 Å². The number of Topliss-reactive ketones (excluding diaryl/α,β-unsaturated/α-hetero) is 1. The summed E-state index contributed by atoms with van der Waals surface area (Å²) in [5.41, 5.74) is 8.15. The van der Waals surface area contributed by atoms with Gasteiger partial charge in [0.2, 0.25) is 5.78 Å². The van der Waals surface area contributed by atoms with Crippen molar-refractivity contribution < 1.29 is 19.1 Å². The second kappa shape index (κ2) is 8.05. The lowest BCUT2D eigenvalue weighted by Gasteiger charge is -2.45. The van der Waals surface area contributed by atoms with Crippen LogP contribution in [0.25, 0.3) is 5.53 Å². The van der Waals surface area contributed by atoms with Crippen molar-refractivity contribution in [2.45, 2.75) is 108 Å². The molecule has 2 atom stereocenters. The average molecular weight is 381 g/mol. The van der Waals surface area contributed by atoms with Gasteiger partial charge >= 0.3 is 5.71 Å². The third-order valence-corrected chi connectivity index (χ3v) is 11.3. The number of ketones is 1. The lowest BCUT2D eigenvalue weighted by atomic mass is 9.74. The second-order valence-corrected chi connectivity index (χ2v) is 14.4. The van der Waals surface area contributed by atoms with Crippen molar-refractivity contribution in [3.8, 4) is 0 Å². The Labute approximate surface area is 159 Å². The highest BCUT2D eigenvalue weighted by molar-refractivity contribution is 6.74. The molecule has 0 heterocycles. The smallest absolute Gasteiger partial charge is 0.368 e. The predicted octanol–water partition coefficient (Wildman–Crippen LogP) is 4.50. The molecule has 0 aromatic heterocycles. The Balaban J connectivity index is 2.29. The number of carbonyl (C=O) groups is 1. The van der Waals surface area contributed by atoms with Crippen LogP contribution in [0.3, 0.4) is 0 Å². The molecule has 0 aromatic carbocycles. The van der Waals surface area contributed by atoms with Crippen molar-refractivity contribution in [3.63, 3.8) is 0 Å². The van der Waals surface area contributed by atoms with Crippen molar-refractivity contribution >= 4 is 19.8 Å². The summed E-state index contributed by atoms with van der Waals surface area (Å²) in [5, 5.41) is 11.5. The zero-order valence-corrected chi connectivity index (χ0v) is 18.2. The van der Waals surface area contributed by atoms with Crippen molar-refractivity contribution in [2.24, 2.45) is 5.92 Å². The van der Waals surface area contributed by atoms with Crippen LogP contribution in [-0.4, -0.2) is 41.4 Å². The highest BCUT2D eigenvalue weighted by Gasteiger charge is 2.56. The van der Waals surface area contributed by atoms with Crippen LogP contribution in [0.5, 0.6) is 0 Å². The van der Waals surface area contributed by atoms with E-state index in [4.69, 9.17) is 4.43 Å². The van der Waals surface area contributed by atoms with Gasteiger partial charge in [0.1, 0.15) is 0 Å². The summed E-state index contributed by atoms with van der Waals surface area (Å²) in [5.74, 6) is -0.311. The van der Waals surface area contributed by atoms with E-state index in [0.29, 0.717) is 12.8 Å². The van der Waals surface area contributed by atoms with Gasteiger partial charge in [-0.25, -0.2) is 0 Å². The minimum Gasteiger partial charge on any atom is -0.410 e. The Morgan fingerprint density at radius 3 is 2.23 bits per heavy atom. The zero-order valence-electron chi connectivity index (χ0n) is 17.2. The number of hydrogen-bond acceptors (Lipinski definition) is 3. The largest absolute Gasteiger partial charge is 0.410 e. The highest BCUT2D eigenvalue weighted by atomic mass is 28.4. The predicted molar refractivity (Wildman–Crippen MR) is 106 cm³/mol. The molecule has 0 unspecified atom stereocenters. The summed E-state index contributed by atoms with van der Waals surface area (Å²) in [6.07, 6.45) is 7.25. The van der Waals surface area contributed by atoms with Crippen LogP contribution >= 0.6 is 0 Å². The molecule has 0 saturated heterocycles. The topological polar surface area (TPSA) is 82.9 Å². The number of nitrogens with zero attached hydrogens (tertiary/aromatic N) is 2. The molecule has 2 aliphatic carbocycles. The van der Waals surface area contributed by atoms with Crippen LogP contribution in [0.1, 0.15) is 78.6 Å². The maximum atomic E-state index is 13.0. The number of carbonyl (C=O) groups excluding carboxylic acids is 1. The number of rotatable bonds is 5. The van der Waals surface area contributed by atoms with Gasteiger partial charge in [0, 0.05) is 5.92 Å². The van der Waals surface area contributed by atoms with E-state index in [9.17, 15) is 15.4 Å². The second-order valence-electron chi connectivity index (χ2n) is 9.68. The average Bonchev–Trinajstić information content (AvgIpc) is 2.57. The molecule has 148 valence electrons. The first kappa shape index (κ1) is 21.5. The molecular weight excluding hydrogens is 344 g/mol. The Morgan fingerprint density at radius 1 is 1.12 bits per heavy atom. The molecule has 2 fully saturated rings. The molecule has 0 aliphatic heterocycles. The third kappa shape index (κ3) is 4.36. The molecule has 26 heavy (non-hydrogen) atoms. The van der Waals surface area contributed by atoms with Gasteiger partial charge < -0.3 is 15.1 Å². The Hall–Kier alpha value is -0.813. The van der Waals surface area contributed by atoms with Crippen LogP contribution < -0.4 is 0 Å². The molecule has 0 amide bonds. The Morgan fingerprint density at radius 2 is 1.69 bits per heavy atom. The van der Waals surface area contributed by atoms with Crippen LogP contribution in [0, 0.1) is 5.92 Å². The van der Waals surface area contributed by atoms with E-state index in [1.807, 2.05) is 0 Å². The first-order valence-corrected chi connectivity index (χ1v) is 13.1. The minimum absolute atomic E-state index is 0.00918. The molecule has 0 radical (unpaired) electrons. The maximum absolute atomic E-state index is 13.0. The summed E-state index contributed by atoms with van der Waals surface area (Å²) < 4.78 is 6.52. The van der Waals surface area contributed by atoms with E-state index < -0.39 is 20.0 Å². The van der Waals surface area contributed by atoms with E-state index in [1.54, 1.807) is 0 Å². The summed E-state index contributed by atoms with van der Waals surface area (Å²) in [7, 11) is -2.12. The van der Waals surface area contributed by atoms with Crippen LogP contribution in [-0.2, 0) is 9.22 Å². The molecule has 2 saturated carbocycles. The molecule has 2 rings (SSSR count). The fourth-order valence-corrected chi connectivity index (χ4v) is 5.37. The summed E-state index contributed by atoms with van der Waals surface area (Å²) in [4.78, 5) is 16.4. The van der Waals surface area contributed by atoms with Gasteiger partial charge in [0.05, 0.1) is 6.10 Å². The van der Waals surface area contributed by atoms with Gasteiger partial charge in [-0.15, -0.1) is 0 Å². The molecular formula is C20H36N2O3Si. The fourth-order valence-electron chi connectivity index (χ4n) is 3.99. The van der Waals surface area contributed by atoms with Gasteiger partial charge in [-0.2, -0.15) is 4.79 Å². The summed E-state index contributed by atoms with van der Waals surface area (Å²) in [6, 6.07) is 0. The van der Waals surface area contributed by atoms with Gasteiger partial charge in [-0.05, 0) is 50.2 Å². The minimum atomic E-state index is -2.12. The molecule has 6 heteroatoms. The van der Waals surface area contributed by atoms with E-state index in [2.05, 4.69) is 38.7 Å². The fraction of sp³-hybridized carbons (Fsp3) is 0.900. The van der Waals surface area contributed by atoms with Gasteiger partial charge in [-0.1, -0.05) is 46.5 Å². The third-order valence-electron chi connectivity index (χ3n) is 6.77. The lowest BCUT2D eigenvalue weighted by molar-refractivity contribution is -0.131. The lowest BCUT2D eigenvalue weighted by Crippen LogP contribution is -2.60. The maximum Gasteiger partial charge on any atom is 0.368 e. The van der Waals surface area contributed by atoms with Crippen molar-refractivity contribution in [1.82, 2.24) is 0 Å². The molecule has 2 aliphatic rings. The van der Waals surface area contributed by atoms with Crippen LogP contribution in [0.2, 0.25) is 18.1 Å². The molecule has 0 bridgehead atoms. The SMILES string of the molecule is CC(C)(C)[Si](C)(C)O[C@H]1CCCC[C@]1(O)C(=[N+]=[N-])C(=O)C1CCCCC1. The Bertz CT molecular complexity index is 572. The van der Waals surface area contributed by atoms with Gasteiger partial charge in [0.25, 0.3) is 0 Å². The number of hydrogen-bond donors (Lipinski definition) is 1. The first-order valence-electron chi connectivity index (χ1n) is 10.2. The van der Waals surface area contributed by atoms with E-state index in [0.717, 1.165) is 44.9 Å². The molecule has 1 N–H and O–H groups in total. The summed E-state index contributed by atoms with van der Waals surface area (Å²) >= 11 is 0. The number of aliphatic hydroxyl groups is 1. The normalized spacial score (nSPS) is 28.5. The monoisotopic (exact) mass is 380 g/mol. The van der Waals surface area contributed by atoms with Gasteiger partial charge in [-0.3, -0.25) is 4.79 Å². The van der Waals surface area contributed by atoms with Crippen molar-refractivity contribution in [2.75, 3.05) is 0 Å². The molecule has 0 spiro atoms. The van der Waals surface area contributed by atoms with Crippen LogP contribution in [0.15, 0.2) is 0 Å². The zero-order chi connectivity index (χ0) is 19.6. The van der Waals surface area contributed by atoms with Gasteiger partial charge in [0.15, 0.2) is 13.9 Å². The van der Waals surface area contributed by atoms with Crippen molar-refractivity contribution in [3.05, 3.63) is 5.53 Å². The quantitative estimate of drug-likeness (QED) is 0.330. The molecule has 0 aromatic rings. The molecule has 5 nitrogen and oxygen atoms in total. The Kier molecular flexibility index (Phi) is 6.65. The van der Waals surface area contributed by atoms with E-state index in [-0.39, 0.29) is 22.5 Å². The van der Waals surface area contributed by atoms with Crippen molar-refractivity contribution in [1.29, 1.82) is 0 Å². The first-order chi connectivity index (χ1) is 12.0. The summed E-state index contributed by atoms with van der Waals surface area (Å²) in [6.45, 7) is 10.8. The van der Waals surface area contributed by atoms with Crippen LogP contribution in [0.4, 0.5) is 0 Å².